The minimum absolute atomic E-state index is 0.0647. The maximum absolute atomic E-state index is 13.0. The molecule has 0 aliphatic carbocycles. The fourth-order valence-corrected chi connectivity index (χ4v) is 2.49. The highest BCUT2D eigenvalue weighted by Crippen LogP contribution is 2.23. The van der Waals surface area contributed by atoms with Crippen LogP contribution in [-0.2, 0) is 11.2 Å². The van der Waals surface area contributed by atoms with E-state index in [0.29, 0.717) is 18.0 Å². The van der Waals surface area contributed by atoms with Crippen LogP contribution in [0.25, 0.3) is 0 Å². The van der Waals surface area contributed by atoms with Gasteiger partial charge in [0.25, 0.3) is 0 Å². The smallest absolute Gasteiger partial charge is 0.227 e. The van der Waals surface area contributed by atoms with Crippen LogP contribution in [0.15, 0.2) is 22.7 Å². The second-order valence-electron chi connectivity index (χ2n) is 4.14. The number of benzene rings is 1. The largest absolute Gasteiger partial charge is 0.339 e. The molecule has 17 heavy (non-hydrogen) atoms. The Morgan fingerprint density at radius 1 is 1.59 bits per heavy atom. The highest BCUT2D eigenvalue weighted by atomic mass is 79.9. The number of likely N-dealkylation sites (tertiary alicyclic amines) is 1. The van der Waals surface area contributed by atoms with E-state index in [1.54, 1.807) is 11.0 Å². The summed E-state index contributed by atoms with van der Waals surface area (Å²) < 4.78 is 13.9. The summed E-state index contributed by atoms with van der Waals surface area (Å²) in [6.45, 7) is 0.718. The van der Waals surface area contributed by atoms with E-state index in [4.69, 9.17) is 11.6 Å². The Balaban J connectivity index is 2.05. The Kier molecular flexibility index (Phi) is 4.05. The van der Waals surface area contributed by atoms with E-state index in [9.17, 15) is 9.18 Å². The zero-order chi connectivity index (χ0) is 12.4. The van der Waals surface area contributed by atoms with Gasteiger partial charge in [-0.05, 0) is 30.2 Å². The third kappa shape index (κ3) is 3.19. The number of rotatable bonds is 2. The molecule has 1 atom stereocenters. The van der Waals surface area contributed by atoms with Gasteiger partial charge in [-0.1, -0.05) is 27.5 Å². The van der Waals surface area contributed by atoms with Crippen molar-refractivity contribution in [1.29, 1.82) is 0 Å². The first-order chi connectivity index (χ1) is 8.06. The van der Waals surface area contributed by atoms with Gasteiger partial charge in [-0.2, -0.15) is 0 Å². The molecule has 92 valence electrons. The number of nitrogens with zero attached hydrogens (tertiary/aromatic N) is 1. The molecule has 0 unspecified atom stereocenters. The molecular formula is C12H12BrClFNO. The Hall–Kier alpha value is -0.610. The minimum atomic E-state index is -0.878. The normalized spacial score (nSPS) is 19.7. The topological polar surface area (TPSA) is 20.3 Å². The maximum atomic E-state index is 13.0. The van der Waals surface area contributed by atoms with Gasteiger partial charge < -0.3 is 4.90 Å². The van der Waals surface area contributed by atoms with Crippen LogP contribution in [0, 0.1) is 0 Å². The predicted octanol–water partition coefficient (Wildman–Crippen LogP) is 3.22. The number of alkyl halides is 1. The van der Waals surface area contributed by atoms with Gasteiger partial charge in [0.1, 0.15) is 6.17 Å². The molecule has 2 nitrogen and oxygen atoms in total. The molecule has 1 saturated heterocycles. The second-order valence-corrected chi connectivity index (χ2v) is 5.46. The van der Waals surface area contributed by atoms with Gasteiger partial charge in [0.15, 0.2) is 0 Å². The van der Waals surface area contributed by atoms with Crippen molar-refractivity contribution < 1.29 is 9.18 Å². The van der Waals surface area contributed by atoms with Gasteiger partial charge >= 0.3 is 0 Å². The Bertz CT molecular complexity index is 441. The zero-order valence-corrected chi connectivity index (χ0v) is 11.5. The van der Waals surface area contributed by atoms with Crippen LogP contribution >= 0.6 is 27.5 Å². The highest BCUT2D eigenvalue weighted by molar-refractivity contribution is 9.10. The Labute approximate surface area is 113 Å². The van der Waals surface area contributed by atoms with E-state index in [1.807, 2.05) is 12.1 Å². The van der Waals surface area contributed by atoms with E-state index in [2.05, 4.69) is 15.9 Å². The molecule has 1 amide bonds. The molecule has 0 spiro atoms. The van der Waals surface area contributed by atoms with Gasteiger partial charge in [0.2, 0.25) is 5.91 Å². The summed E-state index contributed by atoms with van der Waals surface area (Å²) >= 11 is 9.35. The van der Waals surface area contributed by atoms with Crippen LogP contribution in [0.5, 0.6) is 0 Å². The van der Waals surface area contributed by atoms with Crippen molar-refractivity contribution in [3.05, 3.63) is 33.3 Å². The van der Waals surface area contributed by atoms with E-state index in [0.717, 1.165) is 10.0 Å². The number of halogens is 3. The molecular weight excluding hydrogens is 308 g/mol. The summed E-state index contributed by atoms with van der Waals surface area (Å²) in [5.74, 6) is -0.0647. The summed E-state index contributed by atoms with van der Waals surface area (Å²) in [6.07, 6.45) is -0.208. The predicted molar refractivity (Wildman–Crippen MR) is 68.9 cm³/mol. The third-order valence-corrected chi connectivity index (χ3v) is 3.69. The summed E-state index contributed by atoms with van der Waals surface area (Å²) in [6, 6.07) is 5.39. The summed E-state index contributed by atoms with van der Waals surface area (Å²) in [4.78, 5) is 13.5. The van der Waals surface area contributed by atoms with Gasteiger partial charge in [-0.15, -0.1) is 0 Å². The van der Waals surface area contributed by atoms with Crippen molar-refractivity contribution in [2.24, 2.45) is 0 Å². The molecule has 1 aliphatic rings. The van der Waals surface area contributed by atoms with E-state index in [1.165, 1.54) is 0 Å². The molecule has 1 aromatic carbocycles. The van der Waals surface area contributed by atoms with Gasteiger partial charge in [-0.3, -0.25) is 4.79 Å². The molecule has 0 radical (unpaired) electrons. The number of hydrogen-bond donors (Lipinski definition) is 0. The molecule has 5 heteroatoms. The monoisotopic (exact) mass is 319 g/mol. The minimum Gasteiger partial charge on any atom is -0.339 e. The van der Waals surface area contributed by atoms with E-state index in [-0.39, 0.29) is 18.9 Å². The molecule has 1 aliphatic heterocycles. The lowest BCUT2D eigenvalue weighted by atomic mass is 10.1. The van der Waals surface area contributed by atoms with Crippen LogP contribution in [0.4, 0.5) is 4.39 Å². The lowest BCUT2D eigenvalue weighted by Gasteiger charge is -2.15. The lowest BCUT2D eigenvalue weighted by molar-refractivity contribution is -0.129. The first kappa shape index (κ1) is 12.8. The number of carbonyl (C=O) groups is 1. The fourth-order valence-electron chi connectivity index (χ4n) is 1.90. The maximum Gasteiger partial charge on any atom is 0.227 e. The molecule has 0 N–H and O–H groups in total. The summed E-state index contributed by atoms with van der Waals surface area (Å²) in [5, 5.41) is 0.567. The number of carbonyl (C=O) groups excluding carboxylic acids is 1. The van der Waals surface area contributed by atoms with Crippen molar-refractivity contribution in [2.45, 2.75) is 19.0 Å². The Morgan fingerprint density at radius 2 is 2.35 bits per heavy atom. The van der Waals surface area contributed by atoms with E-state index >= 15 is 0 Å². The van der Waals surface area contributed by atoms with Crippen LogP contribution in [0.1, 0.15) is 12.0 Å². The number of hydrogen-bond acceptors (Lipinski definition) is 1. The SMILES string of the molecule is O=C(Cc1cc(Br)ccc1Cl)N1CC[C@@H](F)C1. The molecule has 1 aromatic rings. The summed E-state index contributed by atoms with van der Waals surface area (Å²) in [7, 11) is 0. The van der Waals surface area contributed by atoms with Crippen molar-refractivity contribution in [3.63, 3.8) is 0 Å². The van der Waals surface area contributed by atoms with Crippen molar-refractivity contribution in [3.8, 4) is 0 Å². The van der Waals surface area contributed by atoms with Crippen molar-refractivity contribution >= 4 is 33.4 Å². The Morgan fingerprint density at radius 3 is 3.00 bits per heavy atom. The van der Waals surface area contributed by atoms with Crippen LogP contribution in [0.3, 0.4) is 0 Å². The highest BCUT2D eigenvalue weighted by Gasteiger charge is 2.25. The average molecular weight is 321 g/mol. The molecule has 0 aromatic heterocycles. The first-order valence-electron chi connectivity index (χ1n) is 5.42. The lowest BCUT2D eigenvalue weighted by Crippen LogP contribution is -2.30. The second kappa shape index (κ2) is 5.36. The average Bonchev–Trinajstić information content (AvgIpc) is 2.70. The molecule has 1 fully saturated rings. The molecule has 0 bridgehead atoms. The van der Waals surface area contributed by atoms with E-state index < -0.39 is 6.17 Å². The van der Waals surface area contributed by atoms with Gasteiger partial charge in [-0.25, -0.2) is 4.39 Å². The molecule has 0 saturated carbocycles. The number of amides is 1. The van der Waals surface area contributed by atoms with Crippen LogP contribution in [-0.4, -0.2) is 30.1 Å². The van der Waals surface area contributed by atoms with Crippen molar-refractivity contribution in [1.82, 2.24) is 4.90 Å². The third-order valence-electron chi connectivity index (χ3n) is 2.83. The first-order valence-corrected chi connectivity index (χ1v) is 6.59. The zero-order valence-electron chi connectivity index (χ0n) is 9.13. The quantitative estimate of drug-likeness (QED) is 0.819. The molecule has 2 rings (SSSR count). The summed E-state index contributed by atoms with van der Waals surface area (Å²) in [5.41, 5.74) is 0.772. The van der Waals surface area contributed by atoms with Gasteiger partial charge in [0.05, 0.1) is 13.0 Å². The molecule has 1 heterocycles. The van der Waals surface area contributed by atoms with Crippen LogP contribution in [0.2, 0.25) is 5.02 Å². The van der Waals surface area contributed by atoms with Crippen LogP contribution < -0.4 is 0 Å². The standard InChI is InChI=1S/C12H12BrClFNO/c13-9-1-2-11(14)8(5-9)6-12(17)16-4-3-10(15)7-16/h1-2,5,10H,3-4,6-7H2/t10-/m1/s1. The fraction of sp³-hybridized carbons (Fsp3) is 0.417. The van der Waals surface area contributed by atoms with Crippen molar-refractivity contribution in [2.75, 3.05) is 13.1 Å². The van der Waals surface area contributed by atoms with Gasteiger partial charge in [0, 0.05) is 16.0 Å².